The number of carbonyl (C=O) groups excluding carboxylic acids is 1. The second kappa shape index (κ2) is 5.94. The Morgan fingerprint density at radius 3 is 2.62 bits per heavy atom. The van der Waals surface area contributed by atoms with Gasteiger partial charge in [0.25, 0.3) is 0 Å². The first-order chi connectivity index (χ1) is 10.3. The average molecular weight is 279 g/mol. The van der Waals surface area contributed by atoms with Gasteiger partial charge in [0.05, 0.1) is 0 Å². The van der Waals surface area contributed by atoms with E-state index in [2.05, 4.69) is 4.98 Å². The fourth-order valence-corrected chi connectivity index (χ4v) is 2.65. The highest BCUT2D eigenvalue weighted by atomic mass is 16.2. The van der Waals surface area contributed by atoms with Crippen molar-refractivity contribution >= 4 is 16.7 Å². The van der Waals surface area contributed by atoms with Crippen molar-refractivity contribution in [3.8, 4) is 0 Å². The molecular formula is C18H17NO2. The van der Waals surface area contributed by atoms with Crippen LogP contribution in [-0.4, -0.2) is 22.5 Å². The van der Waals surface area contributed by atoms with Crippen molar-refractivity contribution in [2.45, 2.75) is 12.8 Å². The smallest absolute Gasteiger partial charge is 0.169 e. The number of Topliss-reactive ketones (excluding diaryl/α,β-unsaturated/α-hetero) is 1. The first-order valence-corrected chi connectivity index (χ1v) is 7.06. The lowest BCUT2D eigenvalue weighted by molar-refractivity contribution is 0.0994. The molecule has 106 valence electrons. The van der Waals surface area contributed by atoms with Gasteiger partial charge in [0.1, 0.15) is 0 Å². The lowest BCUT2D eigenvalue weighted by atomic mass is 10.0. The van der Waals surface area contributed by atoms with E-state index >= 15 is 0 Å². The van der Waals surface area contributed by atoms with Crippen LogP contribution in [-0.2, 0) is 12.8 Å². The predicted molar refractivity (Wildman–Crippen MR) is 83.6 cm³/mol. The number of hydrogen-bond acceptors (Lipinski definition) is 2. The molecule has 0 aliphatic rings. The van der Waals surface area contributed by atoms with E-state index in [0.717, 1.165) is 22.0 Å². The molecule has 0 saturated heterocycles. The fraction of sp³-hybridized carbons (Fsp3) is 0.167. The summed E-state index contributed by atoms with van der Waals surface area (Å²) >= 11 is 0. The third-order valence-electron chi connectivity index (χ3n) is 3.69. The van der Waals surface area contributed by atoms with Crippen LogP contribution in [0.25, 0.3) is 10.9 Å². The number of nitrogens with one attached hydrogen (secondary N) is 1. The summed E-state index contributed by atoms with van der Waals surface area (Å²) in [7, 11) is 0. The van der Waals surface area contributed by atoms with E-state index in [1.54, 1.807) is 6.20 Å². The number of fused-ring (bicyclic) bond motifs is 1. The number of aromatic amines is 1. The number of H-pyrrole nitrogens is 1. The molecule has 0 unspecified atom stereocenters. The van der Waals surface area contributed by atoms with Crippen LogP contribution in [0.15, 0.2) is 54.7 Å². The van der Waals surface area contributed by atoms with Crippen LogP contribution in [0.3, 0.4) is 0 Å². The van der Waals surface area contributed by atoms with E-state index in [9.17, 15) is 4.79 Å². The van der Waals surface area contributed by atoms with Gasteiger partial charge in [0, 0.05) is 35.7 Å². The second-order valence-electron chi connectivity index (χ2n) is 5.10. The zero-order valence-electron chi connectivity index (χ0n) is 11.7. The number of aliphatic hydroxyl groups excluding tert-OH is 1. The summed E-state index contributed by atoms with van der Waals surface area (Å²) in [6, 6.07) is 15.6. The normalized spacial score (nSPS) is 10.9. The van der Waals surface area contributed by atoms with E-state index < -0.39 is 0 Å². The molecule has 0 radical (unpaired) electrons. The first kappa shape index (κ1) is 13.6. The van der Waals surface area contributed by atoms with Gasteiger partial charge in [-0.05, 0) is 17.5 Å². The summed E-state index contributed by atoms with van der Waals surface area (Å²) in [6.45, 7) is 0.103. The molecule has 1 heterocycles. The molecule has 1 aromatic heterocycles. The number of hydrogen-bond donors (Lipinski definition) is 2. The van der Waals surface area contributed by atoms with E-state index in [0.29, 0.717) is 18.4 Å². The van der Waals surface area contributed by atoms with Crippen LogP contribution in [0.2, 0.25) is 0 Å². The third-order valence-corrected chi connectivity index (χ3v) is 3.69. The minimum absolute atomic E-state index is 0.103. The Hall–Kier alpha value is -2.39. The zero-order chi connectivity index (χ0) is 14.7. The van der Waals surface area contributed by atoms with Crippen molar-refractivity contribution in [1.82, 2.24) is 4.98 Å². The van der Waals surface area contributed by atoms with Crippen molar-refractivity contribution in [2.75, 3.05) is 6.61 Å². The highest BCUT2D eigenvalue weighted by molar-refractivity contribution is 6.09. The predicted octanol–water partition coefficient (Wildman–Crippen LogP) is 3.13. The van der Waals surface area contributed by atoms with Gasteiger partial charge in [-0.3, -0.25) is 4.79 Å². The van der Waals surface area contributed by atoms with Crippen LogP contribution in [0.5, 0.6) is 0 Å². The maximum absolute atomic E-state index is 12.5. The van der Waals surface area contributed by atoms with E-state index in [1.165, 1.54) is 0 Å². The summed E-state index contributed by atoms with van der Waals surface area (Å²) in [5.74, 6) is 0.105. The van der Waals surface area contributed by atoms with Crippen LogP contribution in [0, 0.1) is 0 Å². The van der Waals surface area contributed by atoms with E-state index in [1.807, 2.05) is 48.5 Å². The molecule has 3 rings (SSSR count). The van der Waals surface area contributed by atoms with E-state index in [4.69, 9.17) is 5.11 Å². The molecule has 3 aromatic rings. The molecular weight excluding hydrogens is 262 g/mol. The Balaban J connectivity index is 1.94. The summed E-state index contributed by atoms with van der Waals surface area (Å²) in [5.41, 5.74) is 3.72. The molecule has 0 saturated carbocycles. The maximum atomic E-state index is 12.5. The largest absolute Gasteiger partial charge is 0.396 e. The van der Waals surface area contributed by atoms with Crippen molar-refractivity contribution in [2.24, 2.45) is 0 Å². The molecule has 0 fully saturated rings. The zero-order valence-corrected chi connectivity index (χ0v) is 11.7. The molecule has 21 heavy (non-hydrogen) atoms. The standard InChI is InChI=1S/C18H17NO2/c20-10-9-14-7-4-8-15-16(12-19-18(14)15)17(21)11-13-5-2-1-3-6-13/h1-8,12,19-20H,9-11H2. The van der Waals surface area contributed by atoms with Crippen LogP contribution in [0.4, 0.5) is 0 Å². The van der Waals surface area contributed by atoms with Gasteiger partial charge < -0.3 is 10.1 Å². The Kier molecular flexibility index (Phi) is 3.84. The van der Waals surface area contributed by atoms with Crippen LogP contribution < -0.4 is 0 Å². The molecule has 0 bridgehead atoms. The number of aromatic nitrogens is 1. The van der Waals surface area contributed by atoms with Crippen molar-refractivity contribution in [3.63, 3.8) is 0 Å². The van der Waals surface area contributed by atoms with Gasteiger partial charge >= 0.3 is 0 Å². The molecule has 0 aliphatic carbocycles. The lowest BCUT2D eigenvalue weighted by Gasteiger charge is -2.02. The number of ketones is 1. The topological polar surface area (TPSA) is 53.1 Å². The fourth-order valence-electron chi connectivity index (χ4n) is 2.65. The summed E-state index contributed by atoms with van der Waals surface area (Å²) in [5, 5.41) is 10.0. The molecule has 2 N–H and O–H groups in total. The van der Waals surface area contributed by atoms with Gasteiger partial charge in [-0.2, -0.15) is 0 Å². The molecule has 0 aliphatic heterocycles. The number of rotatable bonds is 5. The Morgan fingerprint density at radius 1 is 1.05 bits per heavy atom. The highest BCUT2D eigenvalue weighted by Crippen LogP contribution is 2.23. The SMILES string of the molecule is O=C(Cc1ccccc1)c1c[nH]c2c(CCO)cccc12. The van der Waals surface area contributed by atoms with Crippen molar-refractivity contribution < 1.29 is 9.90 Å². The molecule has 2 aromatic carbocycles. The summed E-state index contributed by atoms with van der Waals surface area (Å²) in [4.78, 5) is 15.7. The number of benzene rings is 2. The van der Waals surface area contributed by atoms with E-state index in [-0.39, 0.29) is 12.4 Å². The Morgan fingerprint density at radius 2 is 1.86 bits per heavy atom. The molecule has 3 nitrogen and oxygen atoms in total. The Bertz CT molecular complexity index is 759. The quantitative estimate of drug-likeness (QED) is 0.705. The minimum Gasteiger partial charge on any atom is -0.396 e. The number of aliphatic hydroxyl groups is 1. The van der Waals surface area contributed by atoms with Crippen molar-refractivity contribution in [3.05, 3.63) is 71.4 Å². The van der Waals surface area contributed by atoms with Gasteiger partial charge in [-0.15, -0.1) is 0 Å². The van der Waals surface area contributed by atoms with Crippen LogP contribution in [0.1, 0.15) is 21.5 Å². The maximum Gasteiger partial charge on any atom is 0.169 e. The summed E-state index contributed by atoms with van der Waals surface area (Å²) in [6.07, 6.45) is 2.76. The minimum atomic E-state index is 0.103. The number of para-hydroxylation sites is 1. The molecule has 0 amide bonds. The van der Waals surface area contributed by atoms with Crippen LogP contribution >= 0.6 is 0 Å². The van der Waals surface area contributed by atoms with Gasteiger partial charge in [0.15, 0.2) is 5.78 Å². The molecule has 0 atom stereocenters. The Labute approximate surface area is 123 Å². The van der Waals surface area contributed by atoms with Gasteiger partial charge in [-0.1, -0.05) is 48.5 Å². The monoisotopic (exact) mass is 279 g/mol. The van der Waals surface area contributed by atoms with Crippen molar-refractivity contribution in [1.29, 1.82) is 0 Å². The third kappa shape index (κ3) is 2.73. The average Bonchev–Trinajstić information content (AvgIpc) is 2.94. The number of carbonyl (C=O) groups is 1. The lowest BCUT2D eigenvalue weighted by Crippen LogP contribution is -2.02. The summed E-state index contributed by atoms with van der Waals surface area (Å²) < 4.78 is 0. The molecule has 0 spiro atoms. The molecule has 3 heteroatoms. The van der Waals surface area contributed by atoms with Gasteiger partial charge in [-0.25, -0.2) is 0 Å². The highest BCUT2D eigenvalue weighted by Gasteiger charge is 2.14. The first-order valence-electron chi connectivity index (χ1n) is 7.06. The van der Waals surface area contributed by atoms with Gasteiger partial charge in [0.2, 0.25) is 0 Å². The second-order valence-corrected chi connectivity index (χ2v) is 5.10.